The maximum Gasteiger partial charge on any atom is 0.339 e. The molecule has 2 atom stereocenters. The lowest BCUT2D eigenvalue weighted by Crippen LogP contribution is -2.53. The van der Waals surface area contributed by atoms with Crippen LogP contribution in [0, 0.1) is 5.92 Å². The van der Waals surface area contributed by atoms with Gasteiger partial charge in [-0.2, -0.15) is 0 Å². The summed E-state index contributed by atoms with van der Waals surface area (Å²) in [7, 11) is 1.50. The van der Waals surface area contributed by atoms with Crippen LogP contribution < -0.4 is 15.6 Å². The molecule has 0 radical (unpaired) electrons. The highest BCUT2D eigenvalue weighted by Gasteiger charge is 2.46. The molecular formula is C43H50ClN3O8. The molecule has 1 aliphatic carbocycles. The summed E-state index contributed by atoms with van der Waals surface area (Å²) < 4.78 is 17.6. The lowest BCUT2D eigenvalue weighted by molar-refractivity contribution is -0.167. The molecule has 4 fully saturated rings. The normalized spacial score (nSPS) is 20.9. The zero-order valence-corrected chi connectivity index (χ0v) is 32.0. The number of benzene rings is 3. The number of H-pyrrole nitrogens is 1. The first-order chi connectivity index (χ1) is 26.6. The number of hydrogen-bond acceptors (Lipinski definition) is 10. The van der Waals surface area contributed by atoms with Crippen molar-refractivity contribution in [1.82, 2.24) is 15.2 Å². The number of aliphatic hydroxyl groups excluding tert-OH is 1. The van der Waals surface area contributed by atoms with Crippen LogP contribution >= 0.6 is 11.6 Å². The molecule has 0 unspecified atom stereocenters. The van der Waals surface area contributed by atoms with Gasteiger partial charge in [0.2, 0.25) is 5.56 Å². The Morgan fingerprint density at radius 1 is 1.05 bits per heavy atom. The number of carbonyl (C=O) groups excluding carboxylic acids is 2. The van der Waals surface area contributed by atoms with Crippen molar-refractivity contribution < 1.29 is 34.0 Å². The number of phenols is 1. The summed E-state index contributed by atoms with van der Waals surface area (Å²) in [6.45, 7) is 3.68. The number of carbonyl (C=O) groups is 2. The van der Waals surface area contributed by atoms with Gasteiger partial charge in [-0.05, 0) is 98.5 Å². The summed E-state index contributed by atoms with van der Waals surface area (Å²) in [5, 5.41) is 25.0. The molecule has 292 valence electrons. The van der Waals surface area contributed by atoms with Crippen LogP contribution in [0.15, 0.2) is 65.5 Å². The van der Waals surface area contributed by atoms with Gasteiger partial charge in [0.25, 0.3) is 0 Å². The summed E-state index contributed by atoms with van der Waals surface area (Å²) in [6.07, 6.45) is 7.27. The Balaban J connectivity index is 0.929. The third-order valence-electron chi connectivity index (χ3n) is 11.8. The number of nitrogens with one attached hydrogen (secondary N) is 2. The molecule has 4 heterocycles. The third kappa shape index (κ3) is 8.55. The number of piperidine rings is 3. The number of aromatic hydroxyl groups is 1. The SMILES string of the molecule is COc1cc(C(=O)OCCCc2cccc(C3(C(=O)O[C@H]4CN5CCC4CC5)CCCCC3)c2)c(Cl)cc1CNC[C@H](O)c1ccc(O)c2[nH]c(=O)ccc12. The van der Waals surface area contributed by atoms with Gasteiger partial charge in [0.15, 0.2) is 0 Å². The average Bonchev–Trinajstić information content (AvgIpc) is 3.20. The number of aromatic nitrogens is 1. The predicted octanol–water partition coefficient (Wildman–Crippen LogP) is 6.35. The van der Waals surface area contributed by atoms with Gasteiger partial charge < -0.3 is 34.7 Å². The van der Waals surface area contributed by atoms with E-state index >= 15 is 0 Å². The molecule has 12 heteroatoms. The van der Waals surface area contributed by atoms with Gasteiger partial charge in [0, 0.05) is 36.7 Å². The first-order valence-corrected chi connectivity index (χ1v) is 19.8. The molecule has 11 nitrogen and oxygen atoms in total. The average molecular weight is 772 g/mol. The van der Waals surface area contributed by atoms with Crippen molar-refractivity contribution in [3.05, 3.63) is 104 Å². The molecule has 4 aromatic rings. The fourth-order valence-corrected chi connectivity index (χ4v) is 8.95. The van der Waals surface area contributed by atoms with Crippen molar-refractivity contribution in [3.63, 3.8) is 0 Å². The van der Waals surface area contributed by atoms with Crippen molar-refractivity contribution in [2.24, 2.45) is 5.92 Å². The van der Waals surface area contributed by atoms with E-state index in [0.29, 0.717) is 41.0 Å². The lowest BCUT2D eigenvalue weighted by Gasteiger charge is -2.45. The van der Waals surface area contributed by atoms with Gasteiger partial charge in [-0.3, -0.25) is 14.5 Å². The molecule has 2 bridgehead atoms. The maximum absolute atomic E-state index is 14.0. The van der Waals surface area contributed by atoms with Crippen LogP contribution in [0.2, 0.25) is 5.02 Å². The molecule has 55 heavy (non-hydrogen) atoms. The minimum absolute atomic E-state index is 0.0125. The second-order valence-corrected chi connectivity index (χ2v) is 15.6. The monoisotopic (exact) mass is 771 g/mol. The Hall–Kier alpha value is -4.42. The van der Waals surface area contributed by atoms with Crippen molar-refractivity contribution in [2.75, 3.05) is 39.9 Å². The van der Waals surface area contributed by atoms with Crippen LogP contribution in [-0.2, 0) is 32.6 Å². The minimum atomic E-state index is -0.947. The summed E-state index contributed by atoms with van der Waals surface area (Å²) >= 11 is 6.58. The van der Waals surface area contributed by atoms with E-state index in [1.807, 2.05) is 6.07 Å². The first-order valence-electron chi connectivity index (χ1n) is 19.5. The Labute approximate surface area is 325 Å². The van der Waals surface area contributed by atoms with E-state index in [9.17, 15) is 24.6 Å². The van der Waals surface area contributed by atoms with Crippen LogP contribution in [0.3, 0.4) is 0 Å². The standard InChI is InChI=1S/C43H50ClN3O8/c1-53-37-23-33(34(44)22-29(37)24-45-25-36(49)31-10-12-35(48)40-32(31)11-13-39(50)46-40)41(51)54-20-6-8-27-7-5-9-30(21-27)43(16-3-2-4-17-43)42(52)55-38-26-47-18-14-28(38)15-19-47/h5,7,9-13,21-23,28,36,38,45,48-49H,2-4,6,8,14-20,24-26H2,1H3,(H,46,50)/t36-,38-/m0/s1. The minimum Gasteiger partial charge on any atom is -0.506 e. The number of aryl methyl sites for hydroxylation is 1. The number of hydrogen-bond donors (Lipinski definition) is 4. The van der Waals surface area contributed by atoms with Crippen LogP contribution in [-0.4, -0.2) is 78.0 Å². The lowest BCUT2D eigenvalue weighted by atomic mass is 9.69. The topological polar surface area (TPSA) is 150 Å². The number of aliphatic hydroxyl groups is 1. The Bertz CT molecular complexity index is 2070. The maximum atomic E-state index is 14.0. The first kappa shape index (κ1) is 38.8. The van der Waals surface area contributed by atoms with E-state index in [4.69, 9.17) is 25.8 Å². The van der Waals surface area contributed by atoms with Crippen molar-refractivity contribution in [1.29, 1.82) is 0 Å². The smallest absolute Gasteiger partial charge is 0.339 e. The number of halogens is 1. The van der Waals surface area contributed by atoms with E-state index in [0.717, 1.165) is 75.7 Å². The number of fused-ring (bicyclic) bond motifs is 4. The molecule has 0 amide bonds. The molecule has 4 aliphatic rings. The Morgan fingerprint density at radius 3 is 2.60 bits per heavy atom. The van der Waals surface area contributed by atoms with Crippen LogP contribution in [0.4, 0.5) is 0 Å². The van der Waals surface area contributed by atoms with Crippen molar-refractivity contribution in [2.45, 2.75) is 82.0 Å². The van der Waals surface area contributed by atoms with Gasteiger partial charge in [-0.15, -0.1) is 0 Å². The van der Waals surface area contributed by atoms with E-state index in [-0.39, 0.29) is 59.2 Å². The molecule has 0 spiro atoms. The highest BCUT2D eigenvalue weighted by Crippen LogP contribution is 2.42. The van der Waals surface area contributed by atoms with Gasteiger partial charge in [0.05, 0.1) is 41.3 Å². The number of aromatic amines is 1. The highest BCUT2D eigenvalue weighted by atomic mass is 35.5. The summed E-state index contributed by atoms with van der Waals surface area (Å²) in [5.41, 5.74) is 2.82. The Kier molecular flexibility index (Phi) is 12.1. The fraction of sp³-hybridized carbons (Fsp3) is 0.465. The molecule has 1 aromatic heterocycles. The highest BCUT2D eigenvalue weighted by molar-refractivity contribution is 6.33. The number of rotatable bonds is 14. The molecule has 3 aliphatic heterocycles. The van der Waals surface area contributed by atoms with Crippen LogP contribution in [0.25, 0.3) is 10.9 Å². The van der Waals surface area contributed by atoms with E-state index in [1.54, 1.807) is 24.3 Å². The summed E-state index contributed by atoms with van der Waals surface area (Å²) in [6, 6.07) is 17.5. The second-order valence-electron chi connectivity index (χ2n) is 15.2. The predicted molar refractivity (Wildman–Crippen MR) is 210 cm³/mol. The molecule has 8 rings (SSSR count). The zero-order chi connectivity index (χ0) is 38.5. The summed E-state index contributed by atoms with van der Waals surface area (Å²) in [4.78, 5) is 43.9. The van der Waals surface area contributed by atoms with Crippen LogP contribution in [0.1, 0.15) is 90.1 Å². The van der Waals surface area contributed by atoms with Gasteiger partial charge in [-0.1, -0.05) is 61.2 Å². The number of esters is 2. The largest absolute Gasteiger partial charge is 0.506 e. The summed E-state index contributed by atoms with van der Waals surface area (Å²) in [5.74, 6) is 0.205. The van der Waals surface area contributed by atoms with E-state index < -0.39 is 17.5 Å². The van der Waals surface area contributed by atoms with Crippen LogP contribution in [0.5, 0.6) is 11.5 Å². The van der Waals surface area contributed by atoms with E-state index in [1.165, 1.54) is 19.2 Å². The Morgan fingerprint density at radius 2 is 1.85 bits per heavy atom. The van der Waals surface area contributed by atoms with E-state index in [2.05, 4.69) is 33.4 Å². The van der Waals surface area contributed by atoms with Gasteiger partial charge in [0.1, 0.15) is 17.6 Å². The van der Waals surface area contributed by atoms with Gasteiger partial charge >= 0.3 is 11.9 Å². The zero-order valence-electron chi connectivity index (χ0n) is 31.3. The number of nitrogens with zero attached hydrogens (tertiary/aromatic N) is 1. The quantitative estimate of drug-likeness (QED) is 0.0844. The molecule has 1 saturated carbocycles. The molecule has 3 aromatic carbocycles. The fourth-order valence-electron chi connectivity index (χ4n) is 8.69. The number of pyridine rings is 1. The third-order valence-corrected chi connectivity index (χ3v) is 12.1. The molecule has 4 N–H and O–H groups in total. The number of methoxy groups -OCH3 is 1. The molecule has 3 saturated heterocycles. The van der Waals surface area contributed by atoms with Crippen molar-refractivity contribution >= 4 is 34.4 Å². The second kappa shape index (κ2) is 17.2. The van der Waals surface area contributed by atoms with Crippen molar-refractivity contribution in [3.8, 4) is 11.5 Å². The number of phenolic OH excluding ortho intramolecular Hbond substituents is 1. The number of ether oxygens (including phenoxy) is 3. The van der Waals surface area contributed by atoms with Gasteiger partial charge in [-0.25, -0.2) is 4.79 Å². The molecular weight excluding hydrogens is 722 g/mol.